The summed E-state index contributed by atoms with van der Waals surface area (Å²) in [5.74, 6) is 0.196. The molecule has 0 aromatic heterocycles. The molecule has 0 radical (unpaired) electrons. The molecule has 1 N–H and O–H groups in total. The highest BCUT2D eigenvalue weighted by molar-refractivity contribution is 7.91. The SMILES string of the molecule is Cc1ccc([C@@H]2C[C@@H]3O[C@H]2c2ccccc23)c(S(C)(=N)=O)c1. The second-order valence-electron chi connectivity index (χ2n) is 6.40. The second-order valence-corrected chi connectivity index (χ2v) is 8.53. The Balaban J connectivity index is 1.83. The van der Waals surface area contributed by atoms with Gasteiger partial charge < -0.3 is 4.74 Å². The largest absolute Gasteiger partial charge is 0.365 e. The van der Waals surface area contributed by atoms with Crippen molar-refractivity contribution in [1.82, 2.24) is 0 Å². The van der Waals surface area contributed by atoms with Gasteiger partial charge in [-0.05, 0) is 41.7 Å². The van der Waals surface area contributed by atoms with Crippen molar-refractivity contribution >= 4 is 9.73 Å². The standard InChI is InChI=1S/C18H19NO2S/c1-11-7-8-13(17(9-11)22(2,19)20)15-10-16-12-5-3-4-6-14(12)18(15)21-16/h3-9,15-16,18-19H,10H2,1-2H3/t15-,16-,18-,22?/m0/s1. The van der Waals surface area contributed by atoms with Crippen LogP contribution in [0.5, 0.6) is 0 Å². The summed E-state index contributed by atoms with van der Waals surface area (Å²) < 4.78 is 26.6. The van der Waals surface area contributed by atoms with Crippen LogP contribution >= 0.6 is 0 Å². The van der Waals surface area contributed by atoms with E-state index in [1.54, 1.807) is 0 Å². The lowest BCUT2D eigenvalue weighted by Gasteiger charge is -2.24. The Morgan fingerprint density at radius 3 is 2.59 bits per heavy atom. The number of hydrogen-bond donors (Lipinski definition) is 1. The molecule has 2 aromatic rings. The third kappa shape index (κ3) is 2.02. The van der Waals surface area contributed by atoms with Crippen LogP contribution in [0.4, 0.5) is 0 Å². The zero-order valence-electron chi connectivity index (χ0n) is 12.7. The fraction of sp³-hybridized carbons (Fsp3) is 0.333. The normalized spacial score (nSPS) is 28.4. The van der Waals surface area contributed by atoms with Crippen molar-refractivity contribution in [2.75, 3.05) is 6.26 Å². The van der Waals surface area contributed by atoms with Crippen molar-refractivity contribution in [3.8, 4) is 0 Å². The Kier molecular flexibility index (Phi) is 2.97. The van der Waals surface area contributed by atoms with E-state index in [4.69, 9.17) is 9.52 Å². The van der Waals surface area contributed by atoms with Crippen molar-refractivity contribution < 1.29 is 8.95 Å². The Morgan fingerprint density at radius 2 is 1.86 bits per heavy atom. The van der Waals surface area contributed by atoms with E-state index < -0.39 is 9.73 Å². The van der Waals surface area contributed by atoms with Gasteiger partial charge in [0.15, 0.2) is 0 Å². The first-order chi connectivity index (χ1) is 10.4. The van der Waals surface area contributed by atoms with E-state index >= 15 is 0 Å². The number of benzene rings is 2. The highest BCUT2D eigenvalue weighted by Crippen LogP contribution is 2.58. The molecule has 4 heteroatoms. The summed E-state index contributed by atoms with van der Waals surface area (Å²) in [5, 5.41) is 0. The molecule has 0 spiro atoms. The molecule has 0 saturated carbocycles. The van der Waals surface area contributed by atoms with Gasteiger partial charge in [0.1, 0.15) is 0 Å². The van der Waals surface area contributed by atoms with Gasteiger partial charge in [-0.2, -0.15) is 0 Å². The average molecular weight is 313 g/mol. The molecular formula is C18H19NO2S. The first kappa shape index (κ1) is 14.0. The third-order valence-electron chi connectivity index (χ3n) is 4.78. The molecule has 2 aliphatic rings. The Labute approximate surface area is 131 Å². The predicted molar refractivity (Wildman–Crippen MR) is 86.6 cm³/mol. The lowest BCUT2D eigenvalue weighted by atomic mass is 9.80. The van der Waals surface area contributed by atoms with Crippen LogP contribution in [0.25, 0.3) is 0 Å². The minimum atomic E-state index is -2.74. The molecular weight excluding hydrogens is 294 g/mol. The van der Waals surface area contributed by atoms with E-state index in [2.05, 4.69) is 18.2 Å². The summed E-state index contributed by atoms with van der Waals surface area (Å²) in [5.41, 5.74) is 4.61. The van der Waals surface area contributed by atoms with Crippen molar-refractivity contribution in [1.29, 1.82) is 4.78 Å². The lowest BCUT2D eigenvalue weighted by Crippen LogP contribution is -2.13. The number of fused-ring (bicyclic) bond motifs is 5. The van der Waals surface area contributed by atoms with Crippen LogP contribution in [-0.2, 0) is 14.5 Å². The van der Waals surface area contributed by atoms with Crippen LogP contribution in [0.2, 0.25) is 0 Å². The Hall–Kier alpha value is -1.65. The first-order valence-electron chi connectivity index (χ1n) is 7.54. The van der Waals surface area contributed by atoms with E-state index in [9.17, 15) is 4.21 Å². The average Bonchev–Trinajstić information content (AvgIpc) is 3.05. The van der Waals surface area contributed by atoms with E-state index in [1.807, 2.05) is 31.2 Å². The lowest BCUT2D eigenvalue weighted by molar-refractivity contribution is 0.0673. The Bertz CT molecular complexity index is 857. The molecule has 0 aliphatic carbocycles. The van der Waals surface area contributed by atoms with Gasteiger partial charge in [0.2, 0.25) is 0 Å². The van der Waals surface area contributed by atoms with Gasteiger partial charge >= 0.3 is 0 Å². The van der Waals surface area contributed by atoms with Crippen LogP contribution in [0.15, 0.2) is 47.4 Å². The summed E-state index contributed by atoms with van der Waals surface area (Å²) >= 11 is 0. The van der Waals surface area contributed by atoms with Crippen LogP contribution in [0, 0.1) is 11.7 Å². The number of ether oxygens (including phenoxy) is 1. The van der Waals surface area contributed by atoms with Crippen molar-refractivity contribution in [3.05, 3.63) is 64.7 Å². The summed E-state index contributed by atoms with van der Waals surface area (Å²) in [6, 6.07) is 14.4. The van der Waals surface area contributed by atoms with Crippen LogP contribution in [-0.4, -0.2) is 10.5 Å². The van der Waals surface area contributed by atoms with Gasteiger partial charge in [-0.3, -0.25) is 0 Å². The molecule has 2 bridgehead atoms. The second kappa shape index (κ2) is 4.67. The van der Waals surface area contributed by atoms with Crippen molar-refractivity contribution in [3.63, 3.8) is 0 Å². The Morgan fingerprint density at radius 1 is 1.14 bits per heavy atom. The molecule has 2 aliphatic heterocycles. The minimum Gasteiger partial charge on any atom is -0.365 e. The van der Waals surface area contributed by atoms with E-state index in [0.29, 0.717) is 4.90 Å². The molecule has 2 aromatic carbocycles. The molecule has 22 heavy (non-hydrogen) atoms. The fourth-order valence-electron chi connectivity index (χ4n) is 3.81. The zero-order chi connectivity index (χ0) is 15.5. The maximum Gasteiger partial charge on any atom is 0.0906 e. The number of rotatable bonds is 2. The van der Waals surface area contributed by atoms with Crippen LogP contribution in [0.3, 0.4) is 0 Å². The van der Waals surface area contributed by atoms with Crippen LogP contribution in [0.1, 0.15) is 46.8 Å². The maximum absolute atomic E-state index is 12.4. The predicted octanol–water partition coefficient (Wildman–Crippen LogP) is 4.33. The quantitative estimate of drug-likeness (QED) is 0.897. The fourth-order valence-corrected chi connectivity index (χ4v) is 4.89. The highest BCUT2D eigenvalue weighted by atomic mass is 32.2. The maximum atomic E-state index is 12.4. The molecule has 1 fully saturated rings. The van der Waals surface area contributed by atoms with Gasteiger partial charge in [0.25, 0.3) is 0 Å². The summed E-state index contributed by atoms with van der Waals surface area (Å²) in [6.45, 7) is 1.98. The molecule has 1 unspecified atom stereocenters. The van der Waals surface area contributed by atoms with Crippen LogP contribution < -0.4 is 0 Å². The molecule has 4 atom stereocenters. The van der Waals surface area contributed by atoms with E-state index in [-0.39, 0.29) is 18.1 Å². The van der Waals surface area contributed by atoms with E-state index in [1.165, 1.54) is 17.4 Å². The molecule has 0 amide bonds. The monoisotopic (exact) mass is 313 g/mol. The third-order valence-corrected chi connectivity index (χ3v) is 5.97. The molecule has 114 valence electrons. The van der Waals surface area contributed by atoms with Gasteiger partial charge in [-0.15, -0.1) is 0 Å². The van der Waals surface area contributed by atoms with E-state index in [0.717, 1.165) is 17.5 Å². The molecule has 1 saturated heterocycles. The topological polar surface area (TPSA) is 50.1 Å². The highest BCUT2D eigenvalue weighted by Gasteiger charge is 2.46. The summed E-state index contributed by atoms with van der Waals surface area (Å²) in [4.78, 5) is 0.672. The van der Waals surface area contributed by atoms with Crippen molar-refractivity contribution in [2.45, 2.75) is 36.4 Å². The van der Waals surface area contributed by atoms with Gasteiger partial charge in [-0.25, -0.2) is 8.99 Å². The van der Waals surface area contributed by atoms with Crippen molar-refractivity contribution in [2.24, 2.45) is 0 Å². The summed E-state index contributed by atoms with van der Waals surface area (Å²) in [6.07, 6.45) is 2.59. The number of aryl methyl sites for hydroxylation is 1. The zero-order valence-corrected chi connectivity index (χ0v) is 13.5. The summed E-state index contributed by atoms with van der Waals surface area (Å²) in [7, 11) is -2.74. The number of nitrogens with one attached hydrogen (secondary N) is 1. The van der Waals surface area contributed by atoms with Gasteiger partial charge in [-0.1, -0.05) is 36.4 Å². The molecule has 3 nitrogen and oxygen atoms in total. The minimum absolute atomic E-state index is 0.0319. The number of hydrogen-bond acceptors (Lipinski definition) is 3. The molecule has 4 rings (SSSR count). The van der Waals surface area contributed by atoms with Gasteiger partial charge in [0.05, 0.1) is 26.8 Å². The van der Waals surface area contributed by atoms with Gasteiger partial charge in [0, 0.05) is 12.2 Å². The molecule has 2 heterocycles. The first-order valence-corrected chi connectivity index (χ1v) is 9.50. The smallest absolute Gasteiger partial charge is 0.0906 e.